The summed E-state index contributed by atoms with van der Waals surface area (Å²) < 4.78 is 6.96. The van der Waals surface area contributed by atoms with Crippen LogP contribution >= 0.6 is 38.5 Å². The summed E-state index contributed by atoms with van der Waals surface area (Å²) in [6, 6.07) is 5.62. The fraction of sp³-hybridized carbons (Fsp3) is 0. The van der Waals surface area contributed by atoms with Crippen molar-refractivity contribution in [3.05, 3.63) is 38.2 Å². The lowest BCUT2D eigenvalue weighted by atomic mass is 10.2. The number of halogens is 2. The normalized spacial score (nSPS) is 10.4. The number of hydrogen-bond acceptors (Lipinski definition) is 3. The Bertz CT molecular complexity index is 553. The largest absolute Gasteiger partial charge is 0.476 e. The molecular weight excluding hydrogens is 389 g/mol. The Hall–Kier alpha value is -0.890. The van der Waals surface area contributed by atoms with Crippen LogP contribution in [0.4, 0.5) is 0 Å². The SMILES string of the molecule is O=C(O)c1coc(-c2cc(Br)ccc2I)n1. The first-order chi connectivity index (χ1) is 7.58. The van der Waals surface area contributed by atoms with E-state index in [1.165, 1.54) is 0 Å². The second-order valence-corrected chi connectivity index (χ2v) is 5.05. The molecule has 0 aliphatic carbocycles. The zero-order valence-electron chi connectivity index (χ0n) is 7.78. The van der Waals surface area contributed by atoms with Crippen LogP contribution in [0.3, 0.4) is 0 Å². The highest BCUT2D eigenvalue weighted by Gasteiger charge is 2.14. The molecule has 0 saturated heterocycles. The molecule has 0 spiro atoms. The van der Waals surface area contributed by atoms with Gasteiger partial charge < -0.3 is 9.52 Å². The van der Waals surface area contributed by atoms with E-state index in [1.807, 2.05) is 18.2 Å². The number of hydrogen-bond donors (Lipinski definition) is 1. The zero-order valence-corrected chi connectivity index (χ0v) is 11.5. The summed E-state index contributed by atoms with van der Waals surface area (Å²) in [4.78, 5) is 14.6. The maximum atomic E-state index is 10.7. The summed E-state index contributed by atoms with van der Waals surface area (Å²) in [7, 11) is 0. The van der Waals surface area contributed by atoms with Gasteiger partial charge in [0.2, 0.25) is 5.89 Å². The van der Waals surface area contributed by atoms with Gasteiger partial charge in [-0.25, -0.2) is 9.78 Å². The smallest absolute Gasteiger partial charge is 0.357 e. The Balaban J connectivity index is 2.50. The van der Waals surface area contributed by atoms with Gasteiger partial charge in [-0.3, -0.25) is 0 Å². The van der Waals surface area contributed by atoms with Gasteiger partial charge in [0.05, 0.1) is 5.56 Å². The molecular formula is C10H5BrINO3. The molecule has 1 heterocycles. The predicted molar refractivity (Wildman–Crippen MR) is 69.3 cm³/mol. The van der Waals surface area contributed by atoms with E-state index in [9.17, 15) is 4.79 Å². The third-order valence-corrected chi connectivity index (χ3v) is 3.32. The zero-order chi connectivity index (χ0) is 11.7. The van der Waals surface area contributed by atoms with Crippen LogP contribution in [0.25, 0.3) is 11.5 Å². The van der Waals surface area contributed by atoms with Gasteiger partial charge >= 0.3 is 5.97 Å². The van der Waals surface area contributed by atoms with E-state index in [1.54, 1.807) is 0 Å². The summed E-state index contributed by atoms with van der Waals surface area (Å²) in [6.45, 7) is 0. The molecule has 0 unspecified atom stereocenters. The van der Waals surface area contributed by atoms with Crippen molar-refractivity contribution in [3.8, 4) is 11.5 Å². The van der Waals surface area contributed by atoms with Gasteiger partial charge in [-0.1, -0.05) is 15.9 Å². The Morgan fingerprint density at radius 3 is 2.88 bits per heavy atom. The summed E-state index contributed by atoms with van der Waals surface area (Å²) in [5.41, 5.74) is 0.674. The van der Waals surface area contributed by atoms with Crippen LogP contribution in [-0.2, 0) is 0 Å². The number of nitrogens with zero attached hydrogens (tertiary/aromatic N) is 1. The van der Waals surface area contributed by atoms with Crippen molar-refractivity contribution in [1.82, 2.24) is 4.98 Å². The number of oxazole rings is 1. The van der Waals surface area contributed by atoms with Crippen LogP contribution in [-0.4, -0.2) is 16.1 Å². The molecule has 1 N–H and O–H groups in total. The van der Waals surface area contributed by atoms with Crippen molar-refractivity contribution in [2.75, 3.05) is 0 Å². The molecule has 0 aliphatic rings. The van der Waals surface area contributed by atoms with Gasteiger partial charge in [-0.15, -0.1) is 0 Å². The van der Waals surface area contributed by atoms with E-state index < -0.39 is 5.97 Å². The van der Waals surface area contributed by atoms with Crippen LogP contribution in [0.15, 0.2) is 33.4 Å². The van der Waals surface area contributed by atoms with Crippen molar-refractivity contribution in [1.29, 1.82) is 0 Å². The molecule has 0 radical (unpaired) electrons. The predicted octanol–water partition coefficient (Wildman–Crippen LogP) is 3.41. The first-order valence-corrected chi connectivity index (χ1v) is 6.09. The quantitative estimate of drug-likeness (QED) is 0.794. The number of benzene rings is 1. The minimum absolute atomic E-state index is 0.0919. The highest BCUT2D eigenvalue weighted by Crippen LogP contribution is 2.27. The van der Waals surface area contributed by atoms with E-state index in [0.29, 0.717) is 5.89 Å². The van der Waals surface area contributed by atoms with Gasteiger partial charge in [0.25, 0.3) is 0 Å². The third-order valence-electron chi connectivity index (χ3n) is 1.88. The number of carboxylic acids is 1. The number of aromatic nitrogens is 1. The van der Waals surface area contributed by atoms with E-state index in [-0.39, 0.29) is 5.69 Å². The van der Waals surface area contributed by atoms with E-state index in [2.05, 4.69) is 43.5 Å². The maximum Gasteiger partial charge on any atom is 0.357 e. The molecule has 0 saturated carbocycles. The maximum absolute atomic E-state index is 10.7. The number of carbonyl (C=O) groups is 1. The third kappa shape index (κ3) is 2.27. The lowest BCUT2D eigenvalue weighted by Crippen LogP contribution is -1.95. The van der Waals surface area contributed by atoms with Gasteiger partial charge in [0.15, 0.2) is 5.69 Å². The molecule has 0 aliphatic heterocycles. The highest BCUT2D eigenvalue weighted by atomic mass is 127. The van der Waals surface area contributed by atoms with Crippen LogP contribution in [0.1, 0.15) is 10.5 Å². The molecule has 2 aromatic rings. The standard InChI is InChI=1S/C10H5BrINO3/c11-5-1-2-7(12)6(3-5)9-13-8(4-16-9)10(14)15/h1-4H,(H,14,15). The molecule has 6 heteroatoms. The monoisotopic (exact) mass is 393 g/mol. The van der Waals surface area contributed by atoms with Gasteiger partial charge in [0.1, 0.15) is 6.26 Å². The highest BCUT2D eigenvalue weighted by molar-refractivity contribution is 14.1. The number of carboxylic acid groups (broad SMARTS) is 1. The molecule has 1 aromatic carbocycles. The fourth-order valence-electron chi connectivity index (χ4n) is 1.16. The van der Waals surface area contributed by atoms with Crippen LogP contribution < -0.4 is 0 Å². The minimum atomic E-state index is -1.10. The molecule has 0 bridgehead atoms. The second-order valence-electron chi connectivity index (χ2n) is 2.97. The van der Waals surface area contributed by atoms with Crippen molar-refractivity contribution >= 4 is 44.5 Å². The van der Waals surface area contributed by atoms with E-state index in [4.69, 9.17) is 9.52 Å². The van der Waals surface area contributed by atoms with Crippen molar-refractivity contribution in [2.45, 2.75) is 0 Å². The summed E-state index contributed by atoms with van der Waals surface area (Å²) in [6.07, 6.45) is 1.13. The van der Waals surface area contributed by atoms with Gasteiger partial charge in [0, 0.05) is 8.04 Å². The van der Waals surface area contributed by atoms with Crippen molar-refractivity contribution in [2.24, 2.45) is 0 Å². The van der Waals surface area contributed by atoms with E-state index in [0.717, 1.165) is 19.9 Å². The lowest BCUT2D eigenvalue weighted by Gasteiger charge is -1.99. The van der Waals surface area contributed by atoms with Crippen LogP contribution in [0, 0.1) is 3.57 Å². The Morgan fingerprint density at radius 1 is 1.50 bits per heavy atom. The minimum Gasteiger partial charge on any atom is -0.476 e. The molecule has 0 atom stereocenters. The number of rotatable bonds is 2. The summed E-state index contributed by atoms with van der Waals surface area (Å²) in [5.74, 6) is -0.789. The lowest BCUT2D eigenvalue weighted by molar-refractivity contribution is 0.0690. The van der Waals surface area contributed by atoms with Gasteiger partial charge in [-0.05, 0) is 40.8 Å². The topological polar surface area (TPSA) is 63.3 Å². The molecule has 0 fully saturated rings. The molecule has 16 heavy (non-hydrogen) atoms. The Morgan fingerprint density at radius 2 is 2.25 bits per heavy atom. The molecule has 1 aromatic heterocycles. The van der Waals surface area contributed by atoms with Crippen molar-refractivity contribution in [3.63, 3.8) is 0 Å². The Labute approximate surface area is 113 Å². The van der Waals surface area contributed by atoms with Crippen LogP contribution in [0.2, 0.25) is 0 Å². The summed E-state index contributed by atoms with van der Waals surface area (Å²) in [5, 5.41) is 8.74. The fourth-order valence-corrected chi connectivity index (χ4v) is 2.08. The second kappa shape index (κ2) is 4.54. The molecule has 82 valence electrons. The summed E-state index contributed by atoms with van der Waals surface area (Å²) >= 11 is 5.48. The van der Waals surface area contributed by atoms with Gasteiger partial charge in [-0.2, -0.15) is 0 Å². The number of aromatic carboxylic acids is 1. The van der Waals surface area contributed by atoms with E-state index >= 15 is 0 Å². The average Bonchev–Trinajstić information content (AvgIpc) is 2.70. The molecule has 0 amide bonds. The first-order valence-electron chi connectivity index (χ1n) is 4.22. The first kappa shape index (κ1) is 11.6. The van der Waals surface area contributed by atoms with Crippen molar-refractivity contribution < 1.29 is 14.3 Å². The molecule has 4 nitrogen and oxygen atoms in total. The Kier molecular flexibility index (Phi) is 3.29. The molecule has 2 rings (SSSR count). The van der Waals surface area contributed by atoms with Crippen LogP contribution in [0.5, 0.6) is 0 Å². The average molecular weight is 394 g/mol.